The molecule has 10 heteroatoms. The highest BCUT2D eigenvalue weighted by atomic mass is 79.9. The third kappa shape index (κ3) is 3.89. The minimum Gasteiger partial charge on any atom is -0.369 e. The van der Waals surface area contributed by atoms with Gasteiger partial charge in [0, 0.05) is 9.37 Å². The van der Waals surface area contributed by atoms with Crippen LogP contribution in [-0.4, -0.2) is 23.1 Å². The Bertz CT molecular complexity index is 728. The molecule has 0 bridgehead atoms. The van der Waals surface area contributed by atoms with Gasteiger partial charge in [-0.05, 0) is 71.6 Å². The van der Waals surface area contributed by atoms with Gasteiger partial charge >= 0.3 is 5.51 Å². The highest BCUT2D eigenvalue weighted by Crippen LogP contribution is 2.44. The number of nitrogens with zero attached hydrogens (tertiary/aromatic N) is 3. The number of hydrogen-bond donors (Lipinski definition) is 2. The maximum Gasteiger partial charge on any atom is 0.446 e. The van der Waals surface area contributed by atoms with Crippen molar-refractivity contribution < 1.29 is 13.2 Å². The first-order chi connectivity index (χ1) is 11.7. The van der Waals surface area contributed by atoms with E-state index in [0.29, 0.717) is 10.2 Å². The molecule has 136 valence electrons. The fourth-order valence-electron chi connectivity index (χ4n) is 3.34. The number of nitrogens with two attached hydrogens (primary N) is 2. The van der Waals surface area contributed by atoms with Gasteiger partial charge in [-0.25, -0.2) is 4.99 Å². The van der Waals surface area contributed by atoms with Crippen LogP contribution in [0.15, 0.2) is 37.6 Å². The minimum absolute atomic E-state index is 0.0938. The van der Waals surface area contributed by atoms with Gasteiger partial charge in [0.05, 0.1) is 5.69 Å². The zero-order chi connectivity index (χ0) is 18.2. The summed E-state index contributed by atoms with van der Waals surface area (Å²) < 4.78 is 38.3. The van der Waals surface area contributed by atoms with Crippen molar-refractivity contribution in [1.82, 2.24) is 0 Å². The van der Waals surface area contributed by atoms with Gasteiger partial charge in [-0.2, -0.15) is 18.2 Å². The van der Waals surface area contributed by atoms with Crippen molar-refractivity contribution in [3.05, 3.63) is 22.7 Å². The molecule has 2 aliphatic rings. The smallest absolute Gasteiger partial charge is 0.369 e. The molecule has 1 aliphatic heterocycles. The molecule has 0 atom stereocenters. The van der Waals surface area contributed by atoms with Crippen molar-refractivity contribution in [2.75, 3.05) is 4.90 Å². The quantitative estimate of drug-likeness (QED) is 0.683. The number of hydrogen-bond acceptors (Lipinski definition) is 6. The Labute approximate surface area is 155 Å². The van der Waals surface area contributed by atoms with E-state index < -0.39 is 11.2 Å². The lowest BCUT2D eigenvalue weighted by Gasteiger charge is -2.46. The van der Waals surface area contributed by atoms with Crippen LogP contribution >= 0.6 is 27.7 Å². The lowest BCUT2D eigenvalue weighted by molar-refractivity contribution is -0.0328. The maximum absolute atomic E-state index is 12.6. The van der Waals surface area contributed by atoms with Gasteiger partial charge in [0.1, 0.15) is 5.66 Å². The maximum atomic E-state index is 12.6. The second-order valence-corrected chi connectivity index (χ2v) is 7.97. The predicted molar refractivity (Wildman–Crippen MR) is 97.6 cm³/mol. The molecule has 1 aromatic rings. The Kier molecular flexibility index (Phi) is 4.93. The molecule has 0 radical (unpaired) electrons. The van der Waals surface area contributed by atoms with Crippen LogP contribution in [0, 0.1) is 0 Å². The van der Waals surface area contributed by atoms with Crippen molar-refractivity contribution in [2.45, 2.75) is 48.2 Å². The summed E-state index contributed by atoms with van der Waals surface area (Å²) in [5.41, 5.74) is 7.61. The van der Waals surface area contributed by atoms with E-state index in [9.17, 15) is 13.2 Å². The van der Waals surface area contributed by atoms with E-state index in [2.05, 4.69) is 25.9 Å². The van der Waals surface area contributed by atoms with Crippen molar-refractivity contribution in [1.29, 1.82) is 0 Å². The lowest BCUT2D eigenvalue weighted by atomic mass is 9.87. The summed E-state index contributed by atoms with van der Waals surface area (Å²) in [5, 5.41) is 0. The summed E-state index contributed by atoms with van der Waals surface area (Å²) in [7, 11) is 0. The molecule has 5 nitrogen and oxygen atoms in total. The van der Waals surface area contributed by atoms with Crippen molar-refractivity contribution in [2.24, 2.45) is 21.5 Å². The number of anilines is 1. The van der Waals surface area contributed by atoms with Gasteiger partial charge in [-0.1, -0.05) is 6.42 Å². The fraction of sp³-hybridized carbons (Fsp3) is 0.467. The summed E-state index contributed by atoms with van der Waals surface area (Å²) in [5.74, 6) is 0.336. The molecule has 1 heterocycles. The molecule has 1 aliphatic carbocycles. The van der Waals surface area contributed by atoms with Crippen LogP contribution in [0.1, 0.15) is 32.1 Å². The molecule has 4 N–H and O–H groups in total. The summed E-state index contributed by atoms with van der Waals surface area (Å²) in [4.78, 5) is 10.5. The molecule has 1 aromatic carbocycles. The van der Waals surface area contributed by atoms with E-state index in [1.807, 2.05) is 0 Å². The SMILES string of the molecule is NC1=NC2(CCCCC2)N(c2ccc(SC(F)(F)F)cc2Br)C(N)=N1. The van der Waals surface area contributed by atoms with E-state index in [1.54, 1.807) is 11.0 Å². The van der Waals surface area contributed by atoms with Gasteiger partial charge < -0.3 is 11.5 Å². The number of guanidine groups is 2. The molecule has 1 saturated carbocycles. The lowest BCUT2D eigenvalue weighted by Crippen LogP contribution is -2.58. The average molecular weight is 436 g/mol. The number of aliphatic imine (C=N–C) groups is 2. The van der Waals surface area contributed by atoms with E-state index in [-0.39, 0.29) is 28.6 Å². The molecule has 0 saturated heterocycles. The Morgan fingerprint density at radius 3 is 2.44 bits per heavy atom. The van der Waals surface area contributed by atoms with E-state index >= 15 is 0 Å². The normalized spacial score (nSPS) is 20.4. The topological polar surface area (TPSA) is 80.0 Å². The van der Waals surface area contributed by atoms with E-state index in [1.165, 1.54) is 12.1 Å². The van der Waals surface area contributed by atoms with Gasteiger partial charge in [0.25, 0.3) is 0 Å². The van der Waals surface area contributed by atoms with Gasteiger partial charge in [0.2, 0.25) is 11.9 Å². The van der Waals surface area contributed by atoms with Crippen molar-refractivity contribution >= 4 is 45.3 Å². The molecule has 0 aromatic heterocycles. The predicted octanol–water partition coefficient (Wildman–Crippen LogP) is 4.17. The zero-order valence-electron chi connectivity index (χ0n) is 13.2. The molecular weight excluding hydrogens is 419 g/mol. The number of alkyl halides is 3. The average Bonchev–Trinajstić information content (AvgIpc) is 2.48. The zero-order valence-corrected chi connectivity index (χ0v) is 15.6. The van der Waals surface area contributed by atoms with Crippen molar-refractivity contribution in [3.8, 4) is 0 Å². The number of benzene rings is 1. The van der Waals surface area contributed by atoms with Gasteiger partial charge in [0.15, 0.2) is 0 Å². The first-order valence-corrected chi connectivity index (χ1v) is 9.36. The summed E-state index contributed by atoms with van der Waals surface area (Å²) in [6.45, 7) is 0. The van der Waals surface area contributed by atoms with Gasteiger partial charge in [-0.15, -0.1) is 0 Å². The molecule has 1 spiro atoms. The molecule has 25 heavy (non-hydrogen) atoms. The van der Waals surface area contributed by atoms with Crippen LogP contribution in [0.4, 0.5) is 18.9 Å². The fourth-order valence-corrected chi connectivity index (χ4v) is 4.62. The molecular formula is C15H17BrF3N5S. The van der Waals surface area contributed by atoms with Crippen LogP contribution in [-0.2, 0) is 0 Å². The Hall–Kier alpha value is -1.42. The second-order valence-electron chi connectivity index (χ2n) is 5.98. The molecule has 3 rings (SSSR count). The van der Waals surface area contributed by atoms with E-state index in [4.69, 9.17) is 11.5 Å². The van der Waals surface area contributed by atoms with Gasteiger partial charge in [-0.3, -0.25) is 4.90 Å². The van der Waals surface area contributed by atoms with Crippen molar-refractivity contribution in [3.63, 3.8) is 0 Å². The summed E-state index contributed by atoms with van der Waals surface area (Å²) >= 11 is 3.21. The third-order valence-electron chi connectivity index (χ3n) is 4.25. The van der Waals surface area contributed by atoms with Crippen LogP contribution in [0.2, 0.25) is 0 Å². The standard InChI is InChI=1S/C15H17BrF3N5S/c16-10-8-9(25-15(17,18)19)4-5-11(10)24-13(21)22-12(20)23-14(24)6-2-1-3-7-14/h4-5,8H,1-3,6-7H2,(H4,20,21,22,23). The molecule has 1 fully saturated rings. The van der Waals surface area contributed by atoms with Crippen LogP contribution in [0.5, 0.6) is 0 Å². The molecule has 0 unspecified atom stereocenters. The number of thioether (sulfide) groups is 1. The first kappa shape index (κ1) is 18.4. The van der Waals surface area contributed by atoms with E-state index in [0.717, 1.165) is 32.1 Å². The van der Waals surface area contributed by atoms with Crippen LogP contribution < -0.4 is 16.4 Å². The minimum atomic E-state index is -4.34. The molecule has 0 amide bonds. The second kappa shape index (κ2) is 6.71. The monoisotopic (exact) mass is 435 g/mol. The number of rotatable bonds is 2. The number of halogens is 4. The summed E-state index contributed by atoms with van der Waals surface area (Å²) in [6, 6.07) is 4.45. The Balaban J connectivity index is 2.00. The van der Waals surface area contributed by atoms with Crippen LogP contribution in [0.3, 0.4) is 0 Å². The first-order valence-electron chi connectivity index (χ1n) is 7.75. The Morgan fingerprint density at radius 1 is 1.16 bits per heavy atom. The highest BCUT2D eigenvalue weighted by Gasteiger charge is 2.43. The Morgan fingerprint density at radius 2 is 1.84 bits per heavy atom. The largest absolute Gasteiger partial charge is 0.446 e. The third-order valence-corrected chi connectivity index (χ3v) is 5.60. The van der Waals surface area contributed by atoms with Crippen LogP contribution in [0.25, 0.3) is 0 Å². The highest BCUT2D eigenvalue weighted by molar-refractivity contribution is 9.10. The summed E-state index contributed by atoms with van der Waals surface area (Å²) in [6.07, 6.45) is 4.57.